The molecule has 0 aromatic heterocycles. The highest BCUT2D eigenvalue weighted by molar-refractivity contribution is 9.09. The number of halogens is 1. The van der Waals surface area contributed by atoms with Gasteiger partial charge in [0, 0.05) is 17.8 Å². The quantitative estimate of drug-likeness (QED) is 0.771. The van der Waals surface area contributed by atoms with Gasteiger partial charge < -0.3 is 5.32 Å². The monoisotopic (exact) mass is 339 g/mol. The van der Waals surface area contributed by atoms with Crippen molar-refractivity contribution in [3.63, 3.8) is 0 Å². The van der Waals surface area contributed by atoms with Gasteiger partial charge in [-0.15, -0.1) is 0 Å². The van der Waals surface area contributed by atoms with E-state index in [4.69, 9.17) is 0 Å². The molecule has 20 heavy (non-hydrogen) atoms. The zero-order chi connectivity index (χ0) is 15.2. The van der Waals surface area contributed by atoms with Crippen molar-refractivity contribution in [3.8, 4) is 0 Å². The van der Waals surface area contributed by atoms with Crippen LogP contribution in [0.3, 0.4) is 0 Å². The van der Waals surface area contributed by atoms with E-state index >= 15 is 0 Å². The van der Waals surface area contributed by atoms with Gasteiger partial charge in [-0.1, -0.05) is 61.0 Å². The predicted octanol–water partition coefficient (Wildman–Crippen LogP) is 4.24. The van der Waals surface area contributed by atoms with Gasteiger partial charge in [-0.05, 0) is 36.3 Å². The minimum absolute atomic E-state index is 0.131. The fourth-order valence-corrected chi connectivity index (χ4v) is 3.32. The first-order chi connectivity index (χ1) is 9.28. The number of aryl methyl sites for hydroxylation is 2. The van der Waals surface area contributed by atoms with Crippen molar-refractivity contribution in [2.75, 3.05) is 6.54 Å². The maximum absolute atomic E-state index is 11.9. The molecule has 1 N–H and O–H groups in total. The van der Waals surface area contributed by atoms with Gasteiger partial charge in [0.15, 0.2) is 0 Å². The Morgan fingerprint density at radius 2 is 1.95 bits per heavy atom. The van der Waals surface area contributed by atoms with Crippen molar-refractivity contribution in [2.45, 2.75) is 51.8 Å². The Morgan fingerprint density at radius 1 is 1.30 bits per heavy atom. The third kappa shape index (κ3) is 7.09. The summed E-state index contributed by atoms with van der Waals surface area (Å²) in [6.07, 6.45) is 2.41. The van der Waals surface area contributed by atoms with E-state index in [1.807, 2.05) is 12.1 Å². The third-order valence-electron chi connectivity index (χ3n) is 3.24. The first kappa shape index (κ1) is 17.2. The van der Waals surface area contributed by atoms with Crippen LogP contribution < -0.4 is 5.32 Å². The number of rotatable bonds is 6. The van der Waals surface area contributed by atoms with Crippen LogP contribution in [-0.4, -0.2) is 17.3 Å². The van der Waals surface area contributed by atoms with Gasteiger partial charge in [0.2, 0.25) is 5.91 Å². The lowest BCUT2D eigenvalue weighted by atomic mass is 9.90. The molecule has 1 atom stereocenters. The second-order valence-electron chi connectivity index (χ2n) is 6.59. The van der Waals surface area contributed by atoms with Gasteiger partial charge in [-0.25, -0.2) is 0 Å². The Kier molecular flexibility index (Phi) is 6.74. The Balaban J connectivity index is 2.29. The molecule has 0 spiro atoms. The summed E-state index contributed by atoms with van der Waals surface area (Å²) in [5.74, 6) is 0.131. The molecule has 0 saturated heterocycles. The molecular formula is C17H26BrNO. The van der Waals surface area contributed by atoms with Crippen LogP contribution in [0.25, 0.3) is 0 Å². The maximum atomic E-state index is 11.9. The summed E-state index contributed by atoms with van der Waals surface area (Å²) in [5, 5.41) is 3.01. The molecule has 0 fully saturated rings. The lowest BCUT2D eigenvalue weighted by molar-refractivity contribution is -0.121. The number of carbonyl (C=O) groups is 1. The second-order valence-corrected chi connectivity index (χ2v) is 7.89. The van der Waals surface area contributed by atoms with Gasteiger partial charge >= 0.3 is 0 Å². The Hall–Kier alpha value is -0.830. The van der Waals surface area contributed by atoms with Crippen molar-refractivity contribution in [3.05, 3.63) is 35.4 Å². The summed E-state index contributed by atoms with van der Waals surface area (Å²) >= 11 is 3.64. The average Bonchev–Trinajstić information content (AvgIpc) is 2.33. The van der Waals surface area contributed by atoms with E-state index < -0.39 is 0 Å². The summed E-state index contributed by atoms with van der Waals surface area (Å²) in [4.78, 5) is 12.2. The molecule has 1 aromatic carbocycles. The summed E-state index contributed by atoms with van der Waals surface area (Å²) in [5.41, 5.74) is 2.79. The number of alkyl halides is 1. The molecule has 0 aliphatic heterocycles. The highest BCUT2D eigenvalue weighted by Gasteiger charge is 2.16. The fourth-order valence-electron chi connectivity index (χ4n) is 2.19. The number of hydrogen-bond donors (Lipinski definition) is 1. The van der Waals surface area contributed by atoms with E-state index in [0.717, 1.165) is 12.8 Å². The van der Waals surface area contributed by atoms with Crippen molar-refractivity contribution >= 4 is 21.8 Å². The van der Waals surface area contributed by atoms with Crippen LogP contribution in [0.15, 0.2) is 24.3 Å². The molecule has 1 amide bonds. The lowest BCUT2D eigenvalue weighted by Crippen LogP contribution is -2.31. The van der Waals surface area contributed by atoms with Crippen LogP contribution in [0.4, 0.5) is 0 Å². The molecule has 0 saturated carbocycles. The van der Waals surface area contributed by atoms with Gasteiger partial charge in [0.25, 0.3) is 0 Å². The van der Waals surface area contributed by atoms with Crippen LogP contribution in [-0.2, 0) is 11.2 Å². The van der Waals surface area contributed by atoms with Crippen LogP contribution >= 0.6 is 15.9 Å². The SMILES string of the molecule is Cc1ccccc1CCC(=O)NCC(Br)CC(C)(C)C. The van der Waals surface area contributed by atoms with Crippen LogP contribution in [0.5, 0.6) is 0 Å². The summed E-state index contributed by atoms with van der Waals surface area (Å²) in [6, 6.07) is 8.24. The van der Waals surface area contributed by atoms with Crippen LogP contribution in [0.1, 0.15) is 44.7 Å². The lowest BCUT2D eigenvalue weighted by Gasteiger charge is -2.22. The van der Waals surface area contributed by atoms with Crippen molar-refractivity contribution < 1.29 is 4.79 Å². The molecular weight excluding hydrogens is 314 g/mol. The van der Waals surface area contributed by atoms with Gasteiger partial charge in [0.05, 0.1) is 0 Å². The number of hydrogen-bond acceptors (Lipinski definition) is 1. The van der Waals surface area contributed by atoms with E-state index in [9.17, 15) is 4.79 Å². The highest BCUT2D eigenvalue weighted by atomic mass is 79.9. The molecule has 3 heteroatoms. The summed E-state index contributed by atoms with van der Waals surface area (Å²) < 4.78 is 0. The molecule has 1 unspecified atom stereocenters. The molecule has 0 heterocycles. The van der Waals surface area contributed by atoms with Crippen LogP contribution in [0, 0.1) is 12.3 Å². The normalized spacial score (nSPS) is 13.1. The Labute approximate surface area is 131 Å². The largest absolute Gasteiger partial charge is 0.355 e. The number of carbonyl (C=O) groups excluding carboxylic acids is 1. The minimum atomic E-state index is 0.131. The molecule has 1 aromatic rings. The number of nitrogens with one attached hydrogen (secondary N) is 1. The molecule has 2 nitrogen and oxygen atoms in total. The van der Waals surface area contributed by atoms with Crippen LogP contribution in [0.2, 0.25) is 0 Å². The van der Waals surface area contributed by atoms with Gasteiger partial charge in [-0.3, -0.25) is 4.79 Å². The molecule has 0 aliphatic carbocycles. The molecule has 0 radical (unpaired) electrons. The standard InChI is InChI=1S/C17H26BrNO/c1-13-7-5-6-8-14(13)9-10-16(20)19-12-15(18)11-17(2,3)4/h5-8,15H,9-12H2,1-4H3,(H,19,20). The third-order valence-corrected chi connectivity index (χ3v) is 3.88. The molecule has 112 valence electrons. The van der Waals surface area contributed by atoms with Gasteiger partial charge in [0.1, 0.15) is 0 Å². The van der Waals surface area contributed by atoms with Crippen molar-refractivity contribution in [2.24, 2.45) is 5.41 Å². The fraction of sp³-hybridized carbons (Fsp3) is 0.588. The van der Waals surface area contributed by atoms with Crippen molar-refractivity contribution in [1.82, 2.24) is 5.32 Å². The molecule has 1 rings (SSSR count). The highest BCUT2D eigenvalue weighted by Crippen LogP contribution is 2.24. The summed E-state index contributed by atoms with van der Waals surface area (Å²) in [7, 11) is 0. The van der Waals surface area contributed by atoms with Crippen molar-refractivity contribution in [1.29, 1.82) is 0 Å². The molecule has 0 aliphatic rings. The topological polar surface area (TPSA) is 29.1 Å². The Morgan fingerprint density at radius 3 is 2.55 bits per heavy atom. The minimum Gasteiger partial charge on any atom is -0.355 e. The number of benzene rings is 1. The van der Waals surface area contributed by atoms with E-state index in [1.165, 1.54) is 11.1 Å². The van der Waals surface area contributed by atoms with E-state index in [2.05, 4.69) is 61.1 Å². The molecule has 0 bridgehead atoms. The van der Waals surface area contributed by atoms with E-state index in [0.29, 0.717) is 17.8 Å². The van der Waals surface area contributed by atoms with E-state index in [1.54, 1.807) is 0 Å². The number of amides is 1. The van der Waals surface area contributed by atoms with Gasteiger partial charge in [-0.2, -0.15) is 0 Å². The summed E-state index contributed by atoms with van der Waals surface area (Å²) in [6.45, 7) is 9.42. The zero-order valence-electron chi connectivity index (χ0n) is 13.0. The first-order valence-corrected chi connectivity index (χ1v) is 8.15. The second kappa shape index (κ2) is 7.82. The first-order valence-electron chi connectivity index (χ1n) is 7.23. The zero-order valence-corrected chi connectivity index (χ0v) is 14.6. The van der Waals surface area contributed by atoms with E-state index in [-0.39, 0.29) is 11.3 Å². The maximum Gasteiger partial charge on any atom is 0.220 e. The Bertz CT molecular complexity index is 437. The smallest absolute Gasteiger partial charge is 0.220 e. The average molecular weight is 340 g/mol. The predicted molar refractivity (Wildman–Crippen MR) is 89.3 cm³/mol.